The standard InChI is InChI=1S/C20H28N4O6/c21-16-5-4-15(12-17(16)24(27)28)19(26)30-13-18(25)22-14-20(6-2-1-3-7-20)23-8-10-29-11-9-23/h4-5,12H,1-3,6-11,13-14,21H2,(H,22,25). The van der Waals surface area contributed by atoms with Crippen molar-refractivity contribution >= 4 is 23.3 Å². The Morgan fingerprint density at radius 1 is 1.23 bits per heavy atom. The Kier molecular flexibility index (Phi) is 7.22. The fraction of sp³-hybridized carbons (Fsp3) is 0.600. The molecule has 0 radical (unpaired) electrons. The molecule has 0 spiro atoms. The minimum Gasteiger partial charge on any atom is -0.452 e. The molecule has 3 rings (SSSR count). The summed E-state index contributed by atoms with van der Waals surface area (Å²) in [6.07, 6.45) is 5.48. The molecule has 1 aliphatic heterocycles. The van der Waals surface area contributed by atoms with Gasteiger partial charge in [0.1, 0.15) is 5.69 Å². The van der Waals surface area contributed by atoms with Crippen molar-refractivity contribution < 1.29 is 24.0 Å². The normalized spacial score (nSPS) is 19.1. The number of anilines is 1. The van der Waals surface area contributed by atoms with Gasteiger partial charge < -0.3 is 20.5 Å². The summed E-state index contributed by atoms with van der Waals surface area (Å²) in [5.41, 5.74) is 4.99. The topological polar surface area (TPSA) is 137 Å². The molecule has 1 heterocycles. The van der Waals surface area contributed by atoms with E-state index < -0.39 is 23.4 Å². The summed E-state index contributed by atoms with van der Waals surface area (Å²) < 4.78 is 10.5. The van der Waals surface area contributed by atoms with Gasteiger partial charge in [-0.15, -0.1) is 0 Å². The lowest BCUT2D eigenvalue weighted by molar-refractivity contribution is -0.383. The van der Waals surface area contributed by atoms with E-state index in [4.69, 9.17) is 15.2 Å². The van der Waals surface area contributed by atoms with Crippen LogP contribution in [0.25, 0.3) is 0 Å². The van der Waals surface area contributed by atoms with Crippen molar-refractivity contribution in [1.29, 1.82) is 0 Å². The molecular weight excluding hydrogens is 392 g/mol. The molecule has 0 atom stereocenters. The second-order valence-electron chi connectivity index (χ2n) is 7.77. The van der Waals surface area contributed by atoms with E-state index in [0.29, 0.717) is 19.8 Å². The minimum atomic E-state index is -0.811. The number of nitro benzene ring substituents is 1. The van der Waals surface area contributed by atoms with Crippen LogP contribution in [0.3, 0.4) is 0 Å². The Morgan fingerprint density at radius 3 is 2.60 bits per heavy atom. The molecule has 30 heavy (non-hydrogen) atoms. The third kappa shape index (κ3) is 5.25. The lowest BCUT2D eigenvalue weighted by Crippen LogP contribution is -2.59. The lowest BCUT2D eigenvalue weighted by Gasteiger charge is -2.48. The van der Waals surface area contributed by atoms with Gasteiger partial charge in [0.2, 0.25) is 0 Å². The first kappa shape index (κ1) is 22.0. The molecule has 10 heteroatoms. The number of morpholine rings is 1. The van der Waals surface area contributed by atoms with Crippen molar-refractivity contribution in [2.75, 3.05) is 45.2 Å². The maximum atomic E-state index is 12.3. The fourth-order valence-electron chi connectivity index (χ4n) is 4.21. The number of hydrogen-bond acceptors (Lipinski definition) is 8. The van der Waals surface area contributed by atoms with Gasteiger partial charge in [-0.05, 0) is 25.0 Å². The van der Waals surface area contributed by atoms with Gasteiger partial charge in [0, 0.05) is 31.2 Å². The molecule has 3 N–H and O–H groups in total. The highest BCUT2D eigenvalue weighted by Crippen LogP contribution is 2.33. The Morgan fingerprint density at radius 2 is 1.93 bits per heavy atom. The number of ether oxygens (including phenoxy) is 2. The molecule has 0 aromatic heterocycles. The number of nitrogen functional groups attached to an aromatic ring is 1. The predicted molar refractivity (Wildman–Crippen MR) is 109 cm³/mol. The fourth-order valence-corrected chi connectivity index (χ4v) is 4.21. The monoisotopic (exact) mass is 420 g/mol. The van der Waals surface area contributed by atoms with Gasteiger partial charge in [-0.3, -0.25) is 19.8 Å². The zero-order chi connectivity index (χ0) is 21.6. The summed E-state index contributed by atoms with van der Waals surface area (Å²) in [5.74, 6) is -1.21. The minimum absolute atomic E-state index is 0.0271. The highest BCUT2D eigenvalue weighted by atomic mass is 16.6. The van der Waals surface area contributed by atoms with E-state index >= 15 is 0 Å². The van der Waals surface area contributed by atoms with E-state index in [1.165, 1.54) is 18.6 Å². The summed E-state index contributed by atoms with van der Waals surface area (Å²) in [6.45, 7) is 3.14. The summed E-state index contributed by atoms with van der Waals surface area (Å²) in [7, 11) is 0. The number of benzene rings is 1. The van der Waals surface area contributed by atoms with E-state index in [1.54, 1.807) is 0 Å². The third-order valence-electron chi connectivity index (χ3n) is 5.88. The number of hydrogen-bond donors (Lipinski definition) is 2. The van der Waals surface area contributed by atoms with Gasteiger partial charge >= 0.3 is 5.97 Å². The molecule has 1 saturated carbocycles. The molecule has 0 bridgehead atoms. The zero-order valence-electron chi connectivity index (χ0n) is 16.9. The number of carbonyl (C=O) groups is 2. The second kappa shape index (κ2) is 9.86. The number of carbonyl (C=O) groups excluding carboxylic acids is 2. The molecule has 1 saturated heterocycles. The highest BCUT2D eigenvalue weighted by Gasteiger charge is 2.38. The largest absolute Gasteiger partial charge is 0.452 e. The maximum Gasteiger partial charge on any atom is 0.338 e. The zero-order valence-corrected chi connectivity index (χ0v) is 16.9. The smallest absolute Gasteiger partial charge is 0.338 e. The van der Waals surface area contributed by atoms with Crippen molar-refractivity contribution in [3.8, 4) is 0 Å². The number of amides is 1. The van der Waals surface area contributed by atoms with Crippen LogP contribution in [0.1, 0.15) is 42.5 Å². The van der Waals surface area contributed by atoms with Crippen molar-refractivity contribution in [3.63, 3.8) is 0 Å². The van der Waals surface area contributed by atoms with Gasteiger partial charge in [-0.2, -0.15) is 0 Å². The SMILES string of the molecule is Nc1ccc(C(=O)OCC(=O)NCC2(N3CCOCC3)CCCCC2)cc1[N+](=O)[O-]. The van der Waals surface area contributed by atoms with Crippen LogP contribution < -0.4 is 11.1 Å². The molecule has 1 amide bonds. The van der Waals surface area contributed by atoms with Gasteiger partial charge in [0.05, 0.1) is 23.7 Å². The van der Waals surface area contributed by atoms with E-state index in [0.717, 1.165) is 44.8 Å². The molecule has 10 nitrogen and oxygen atoms in total. The van der Waals surface area contributed by atoms with Crippen LogP contribution in [0, 0.1) is 10.1 Å². The quantitative estimate of drug-likeness (QED) is 0.293. The molecule has 2 fully saturated rings. The van der Waals surface area contributed by atoms with Crippen LogP contribution in [0.15, 0.2) is 18.2 Å². The highest BCUT2D eigenvalue weighted by molar-refractivity contribution is 5.92. The number of nitrogens with zero attached hydrogens (tertiary/aromatic N) is 2. The van der Waals surface area contributed by atoms with Crippen LogP contribution in [0.5, 0.6) is 0 Å². The van der Waals surface area contributed by atoms with E-state index in [9.17, 15) is 19.7 Å². The van der Waals surface area contributed by atoms with E-state index in [1.807, 2.05) is 0 Å². The first-order valence-corrected chi connectivity index (χ1v) is 10.2. The number of rotatable bonds is 7. The molecule has 1 aromatic carbocycles. The van der Waals surface area contributed by atoms with Gasteiger partial charge in [0.15, 0.2) is 6.61 Å². The lowest BCUT2D eigenvalue weighted by atomic mass is 9.79. The molecule has 2 aliphatic rings. The average Bonchev–Trinajstić information content (AvgIpc) is 2.77. The van der Waals surface area contributed by atoms with Crippen molar-refractivity contribution in [3.05, 3.63) is 33.9 Å². The van der Waals surface area contributed by atoms with Crippen LogP contribution in [0.2, 0.25) is 0 Å². The molecule has 1 aromatic rings. The summed E-state index contributed by atoms with van der Waals surface area (Å²) in [5, 5.41) is 13.9. The van der Waals surface area contributed by atoms with Gasteiger partial charge in [-0.25, -0.2) is 4.79 Å². The number of nitrogens with one attached hydrogen (secondary N) is 1. The summed E-state index contributed by atoms with van der Waals surface area (Å²) in [4.78, 5) is 37.2. The molecule has 0 unspecified atom stereocenters. The van der Waals surface area contributed by atoms with Gasteiger partial charge in [0.25, 0.3) is 11.6 Å². The first-order chi connectivity index (χ1) is 14.4. The van der Waals surface area contributed by atoms with E-state index in [2.05, 4.69) is 10.2 Å². The molecule has 164 valence electrons. The van der Waals surface area contributed by atoms with Crippen molar-refractivity contribution in [2.24, 2.45) is 0 Å². The van der Waals surface area contributed by atoms with Crippen LogP contribution in [-0.4, -0.2) is 66.7 Å². The van der Waals surface area contributed by atoms with Crippen molar-refractivity contribution in [1.82, 2.24) is 10.2 Å². The summed E-state index contributed by atoms with van der Waals surface area (Å²) in [6, 6.07) is 3.65. The number of nitro groups is 1. The third-order valence-corrected chi connectivity index (χ3v) is 5.88. The van der Waals surface area contributed by atoms with E-state index in [-0.39, 0.29) is 22.5 Å². The number of nitrogens with two attached hydrogens (primary N) is 1. The second-order valence-corrected chi connectivity index (χ2v) is 7.77. The van der Waals surface area contributed by atoms with Crippen LogP contribution in [0.4, 0.5) is 11.4 Å². The Balaban J connectivity index is 1.54. The van der Waals surface area contributed by atoms with Crippen molar-refractivity contribution in [2.45, 2.75) is 37.6 Å². The van der Waals surface area contributed by atoms with Crippen LogP contribution >= 0.6 is 0 Å². The van der Waals surface area contributed by atoms with Gasteiger partial charge in [-0.1, -0.05) is 19.3 Å². The summed E-state index contributed by atoms with van der Waals surface area (Å²) >= 11 is 0. The molecule has 1 aliphatic carbocycles. The Labute approximate surface area is 174 Å². The molecular formula is C20H28N4O6. The predicted octanol–water partition coefficient (Wildman–Crippen LogP) is 1.49. The Hall–Kier alpha value is -2.72. The average molecular weight is 420 g/mol. The van der Waals surface area contributed by atoms with Crippen LogP contribution in [-0.2, 0) is 14.3 Å². The number of esters is 1. The maximum absolute atomic E-state index is 12.3. The Bertz CT molecular complexity index is 788. The first-order valence-electron chi connectivity index (χ1n) is 10.2.